The molecule has 0 spiro atoms. The van der Waals surface area contributed by atoms with E-state index in [2.05, 4.69) is 14.9 Å². The number of benzene rings is 1. The van der Waals surface area contributed by atoms with Crippen LogP contribution in [0.25, 0.3) is 5.69 Å². The minimum absolute atomic E-state index is 0.132. The van der Waals surface area contributed by atoms with Crippen LogP contribution in [0.1, 0.15) is 35.4 Å². The van der Waals surface area contributed by atoms with E-state index in [4.69, 9.17) is 11.6 Å². The number of para-hydroxylation sites is 1. The Morgan fingerprint density at radius 3 is 2.19 bits per heavy atom. The van der Waals surface area contributed by atoms with Crippen LogP contribution in [0.3, 0.4) is 0 Å². The molecule has 0 radical (unpaired) electrons. The Balaban J connectivity index is 1.45. The van der Waals surface area contributed by atoms with E-state index in [1.165, 1.54) is 19.3 Å². The van der Waals surface area contributed by atoms with Gasteiger partial charge in [-0.05, 0) is 38.1 Å². The predicted octanol–water partition coefficient (Wildman–Crippen LogP) is 3.79. The van der Waals surface area contributed by atoms with Gasteiger partial charge in [0.25, 0.3) is 5.91 Å². The van der Waals surface area contributed by atoms with E-state index in [0.717, 1.165) is 36.9 Å². The minimum atomic E-state index is -4.66. The highest BCUT2D eigenvalue weighted by Gasteiger charge is 2.37. The van der Waals surface area contributed by atoms with Crippen molar-refractivity contribution in [1.82, 2.24) is 24.5 Å². The average molecular weight is 470 g/mol. The van der Waals surface area contributed by atoms with Crippen molar-refractivity contribution in [2.45, 2.75) is 25.4 Å². The summed E-state index contributed by atoms with van der Waals surface area (Å²) >= 11 is 6.19. The van der Waals surface area contributed by atoms with Crippen molar-refractivity contribution >= 4 is 17.5 Å². The quantitative estimate of drug-likeness (QED) is 0.668. The Labute approximate surface area is 190 Å². The molecule has 0 atom stereocenters. The van der Waals surface area contributed by atoms with Crippen molar-refractivity contribution in [2.75, 3.05) is 52.4 Å². The first-order valence-corrected chi connectivity index (χ1v) is 11.4. The molecule has 0 saturated carbocycles. The average Bonchev–Trinajstić information content (AvgIpc) is 3.24. The summed E-state index contributed by atoms with van der Waals surface area (Å²) in [7, 11) is 0. The molecule has 0 aliphatic carbocycles. The van der Waals surface area contributed by atoms with Crippen LogP contribution in [0.15, 0.2) is 30.3 Å². The van der Waals surface area contributed by atoms with Crippen LogP contribution < -0.4 is 0 Å². The van der Waals surface area contributed by atoms with Crippen LogP contribution in [0.4, 0.5) is 13.2 Å². The van der Waals surface area contributed by atoms with Crippen molar-refractivity contribution in [1.29, 1.82) is 0 Å². The van der Waals surface area contributed by atoms with Gasteiger partial charge in [-0.25, -0.2) is 4.68 Å². The minimum Gasteiger partial charge on any atom is -0.335 e. The largest absolute Gasteiger partial charge is 0.435 e. The van der Waals surface area contributed by atoms with Gasteiger partial charge in [-0.2, -0.15) is 18.3 Å². The number of piperazine rings is 1. The number of carbonyl (C=O) groups excluding carboxylic acids is 1. The van der Waals surface area contributed by atoms with Gasteiger partial charge in [0.05, 0.1) is 10.7 Å². The zero-order valence-corrected chi connectivity index (χ0v) is 18.6. The molecule has 10 heteroatoms. The summed E-state index contributed by atoms with van der Waals surface area (Å²) < 4.78 is 41.1. The van der Waals surface area contributed by atoms with Gasteiger partial charge < -0.3 is 9.80 Å². The molecule has 2 aliphatic rings. The van der Waals surface area contributed by atoms with Crippen molar-refractivity contribution in [3.05, 3.63) is 46.7 Å². The van der Waals surface area contributed by atoms with Crippen LogP contribution in [0.2, 0.25) is 5.02 Å². The zero-order chi connectivity index (χ0) is 22.7. The topological polar surface area (TPSA) is 44.6 Å². The van der Waals surface area contributed by atoms with E-state index >= 15 is 0 Å². The highest BCUT2D eigenvalue weighted by Crippen LogP contribution is 2.31. The molecule has 2 aromatic rings. The Kier molecular flexibility index (Phi) is 7.07. The highest BCUT2D eigenvalue weighted by molar-refractivity contribution is 6.32. The summed E-state index contributed by atoms with van der Waals surface area (Å²) in [5, 5.41) is 3.89. The Hall–Kier alpha value is -2.10. The molecule has 32 heavy (non-hydrogen) atoms. The first-order chi connectivity index (χ1) is 15.3. The van der Waals surface area contributed by atoms with E-state index in [1.807, 2.05) is 0 Å². The molecule has 0 N–H and O–H groups in total. The second kappa shape index (κ2) is 9.80. The molecule has 1 aromatic carbocycles. The number of piperidine rings is 1. The Bertz CT molecular complexity index is 934. The molecule has 0 bridgehead atoms. The first-order valence-electron chi connectivity index (χ1n) is 11.0. The number of carbonyl (C=O) groups is 1. The number of amides is 1. The Morgan fingerprint density at radius 2 is 1.56 bits per heavy atom. The molecule has 1 aromatic heterocycles. The predicted molar refractivity (Wildman–Crippen MR) is 116 cm³/mol. The standard InChI is InChI=1S/C22H27ClF3N5O/c23-17-6-2-3-7-18(17)31-19(16-20(27-31)22(24,25)26)21(32)30-14-12-29(13-15-30)11-10-28-8-4-1-5-9-28/h2-3,6-7,16H,1,4-5,8-15H2. The molecule has 2 saturated heterocycles. The fraction of sp³-hybridized carbons (Fsp3) is 0.545. The molecule has 1 amide bonds. The second-order valence-corrected chi connectivity index (χ2v) is 8.72. The smallest absolute Gasteiger partial charge is 0.335 e. The lowest BCUT2D eigenvalue weighted by Gasteiger charge is -2.36. The third-order valence-corrected chi connectivity index (χ3v) is 6.46. The normalized spacial score (nSPS) is 18.8. The van der Waals surface area contributed by atoms with Gasteiger partial charge in [0.1, 0.15) is 5.69 Å². The number of likely N-dealkylation sites (tertiary alicyclic amines) is 1. The first kappa shape index (κ1) is 23.1. The monoisotopic (exact) mass is 469 g/mol. The van der Waals surface area contributed by atoms with E-state index in [-0.39, 0.29) is 16.4 Å². The number of alkyl halides is 3. The van der Waals surface area contributed by atoms with Crippen molar-refractivity contribution in [3.8, 4) is 5.69 Å². The lowest BCUT2D eigenvalue weighted by atomic mass is 10.1. The molecule has 2 fully saturated rings. The van der Waals surface area contributed by atoms with Crippen LogP contribution in [0.5, 0.6) is 0 Å². The fourth-order valence-corrected chi connectivity index (χ4v) is 4.50. The van der Waals surface area contributed by atoms with E-state index in [1.54, 1.807) is 29.2 Å². The van der Waals surface area contributed by atoms with Crippen LogP contribution in [0, 0.1) is 0 Å². The molecular formula is C22H27ClF3N5O. The molecule has 6 nitrogen and oxygen atoms in total. The molecule has 0 unspecified atom stereocenters. The molecule has 2 aliphatic heterocycles. The van der Waals surface area contributed by atoms with Gasteiger partial charge in [-0.3, -0.25) is 9.69 Å². The Morgan fingerprint density at radius 1 is 0.938 bits per heavy atom. The summed E-state index contributed by atoms with van der Waals surface area (Å²) in [5.41, 5.74) is -0.999. The van der Waals surface area contributed by atoms with Crippen LogP contribution >= 0.6 is 11.6 Å². The summed E-state index contributed by atoms with van der Waals surface area (Å²) in [6.45, 7) is 6.58. The highest BCUT2D eigenvalue weighted by atomic mass is 35.5. The van der Waals surface area contributed by atoms with Gasteiger partial charge in [0, 0.05) is 45.3 Å². The second-order valence-electron chi connectivity index (χ2n) is 8.31. The van der Waals surface area contributed by atoms with Gasteiger partial charge in [0.2, 0.25) is 0 Å². The SMILES string of the molecule is O=C(c1cc(C(F)(F)F)nn1-c1ccccc1Cl)N1CCN(CCN2CCCCC2)CC1. The van der Waals surface area contributed by atoms with E-state index in [0.29, 0.717) is 26.2 Å². The maximum Gasteiger partial charge on any atom is 0.435 e. The van der Waals surface area contributed by atoms with Gasteiger partial charge >= 0.3 is 6.18 Å². The van der Waals surface area contributed by atoms with Crippen molar-refractivity contribution in [2.24, 2.45) is 0 Å². The number of hydrogen-bond acceptors (Lipinski definition) is 4. The number of nitrogens with zero attached hydrogens (tertiary/aromatic N) is 5. The maximum atomic E-state index is 13.3. The summed E-state index contributed by atoms with van der Waals surface area (Å²) in [6.07, 6.45) is -0.852. The molecular weight excluding hydrogens is 443 g/mol. The lowest BCUT2D eigenvalue weighted by Crippen LogP contribution is -2.50. The van der Waals surface area contributed by atoms with Crippen molar-refractivity contribution in [3.63, 3.8) is 0 Å². The van der Waals surface area contributed by atoms with Gasteiger partial charge in [0.15, 0.2) is 5.69 Å². The zero-order valence-electron chi connectivity index (χ0n) is 17.8. The van der Waals surface area contributed by atoms with Crippen molar-refractivity contribution < 1.29 is 18.0 Å². The summed E-state index contributed by atoms with van der Waals surface area (Å²) in [6, 6.07) is 7.23. The molecule has 4 rings (SSSR count). The van der Waals surface area contributed by atoms with Crippen LogP contribution in [-0.2, 0) is 6.18 Å². The van der Waals surface area contributed by atoms with Crippen LogP contribution in [-0.4, -0.2) is 82.7 Å². The van der Waals surface area contributed by atoms with E-state index in [9.17, 15) is 18.0 Å². The maximum absolute atomic E-state index is 13.3. The number of aromatic nitrogens is 2. The third-order valence-electron chi connectivity index (χ3n) is 6.14. The third kappa shape index (κ3) is 5.27. The van der Waals surface area contributed by atoms with Gasteiger partial charge in [-0.15, -0.1) is 0 Å². The van der Waals surface area contributed by atoms with Gasteiger partial charge in [-0.1, -0.05) is 30.2 Å². The number of halogens is 4. The fourth-order valence-electron chi connectivity index (χ4n) is 4.28. The number of rotatable bonds is 5. The number of hydrogen-bond donors (Lipinski definition) is 0. The lowest BCUT2D eigenvalue weighted by molar-refractivity contribution is -0.141. The molecule has 174 valence electrons. The molecule has 3 heterocycles. The summed E-state index contributed by atoms with van der Waals surface area (Å²) in [4.78, 5) is 19.6. The summed E-state index contributed by atoms with van der Waals surface area (Å²) in [5.74, 6) is -0.469. The van der Waals surface area contributed by atoms with E-state index < -0.39 is 17.8 Å².